The van der Waals surface area contributed by atoms with Crippen molar-refractivity contribution >= 4 is 20.2 Å². The van der Waals surface area contributed by atoms with Crippen LogP contribution in [0.1, 0.15) is 0 Å². The summed E-state index contributed by atoms with van der Waals surface area (Å²) in [5.41, 5.74) is 0. The van der Waals surface area contributed by atoms with Crippen molar-refractivity contribution in [2.24, 2.45) is 0 Å². The third-order valence-electron chi connectivity index (χ3n) is 0. The van der Waals surface area contributed by atoms with Gasteiger partial charge < -0.3 is 31.0 Å². The fourth-order valence-electron chi connectivity index (χ4n) is 0. The maximum Gasteiger partial charge on any atom is 1.00 e. The zero-order valence-electron chi connectivity index (χ0n) is 5.04. The molecule has 0 aliphatic heterocycles. The van der Waals surface area contributed by atoms with E-state index in [9.17, 15) is 0 Å². The van der Waals surface area contributed by atoms with Gasteiger partial charge in [0.25, 0.3) is 0 Å². The maximum absolute atomic E-state index is 8.89. The van der Waals surface area contributed by atoms with Crippen molar-refractivity contribution < 1.29 is 64.8 Å². The molecule has 0 radical (unpaired) electrons. The normalized spacial score (nSPS) is 5.80. The van der Waals surface area contributed by atoms with Gasteiger partial charge in [0.15, 0.2) is 0 Å². The predicted octanol–water partition coefficient (Wildman–Crippen LogP) is -7.30. The van der Waals surface area contributed by atoms with Crippen LogP contribution < -0.4 is 29.6 Å². The Labute approximate surface area is 84.7 Å². The van der Waals surface area contributed by atoms with E-state index in [0.29, 0.717) is 0 Å². The molecule has 10 heteroatoms. The molecular weight excluding hydrogens is 199 g/mol. The molecule has 0 spiro atoms. The maximum atomic E-state index is 8.89. The van der Waals surface area contributed by atoms with Crippen LogP contribution >= 0.6 is 0 Å². The molecule has 0 saturated carbocycles. The summed E-state index contributed by atoms with van der Waals surface area (Å²) in [6.45, 7) is 0. The fourth-order valence-corrected chi connectivity index (χ4v) is 0. The Morgan fingerprint density at radius 1 is 1.00 bits per heavy atom. The quantitative estimate of drug-likeness (QED) is 0.356. The second kappa shape index (κ2) is 16.6. The van der Waals surface area contributed by atoms with Gasteiger partial charge in [0.2, 0.25) is 0 Å². The topological polar surface area (TPSA) is 189 Å². The zero-order chi connectivity index (χ0) is 4.50. The predicted molar refractivity (Wildman–Crippen MR) is 31.5 cm³/mol. The average Bonchev–Trinajstić information content (AvgIpc) is 0.722. The van der Waals surface area contributed by atoms with Crippen LogP contribution in [0, 0.1) is 0 Å². The molecule has 0 aromatic heterocycles. The molecule has 0 aliphatic rings. The molecule has 0 rings (SSSR count). The summed E-state index contributed by atoms with van der Waals surface area (Å²) in [5.74, 6) is 0. The van der Waals surface area contributed by atoms with E-state index < -0.39 is 9.05 Å². The van der Waals surface area contributed by atoms with Gasteiger partial charge >= 0.3 is 29.6 Å². The monoisotopic (exact) mass is 207 g/mol. The van der Waals surface area contributed by atoms with Crippen molar-refractivity contribution in [3.05, 3.63) is 0 Å². The summed E-state index contributed by atoms with van der Waals surface area (Å²) in [6, 6.07) is 0. The van der Waals surface area contributed by atoms with Crippen LogP contribution in [0.5, 0.6) is 0 Å². The zero-order valence-corrected chi connectivity index (χ0v) is 8.67. The summed E-state index contributed by atoms with van der Waals surface area (Å²) in [4.78, 5) is 0. The third kappa shape index (κ3) is 473. The first kappa shape index (κ1) is 43.4. The summed E-state index contributed by atoms with van der Waals surface area (Å²) >= 11 is 3.24. The van der Waals surface area contributed by atoms with Crippen molar-refractivity contribution in [1.29, 1.82) is 0 Å². The molecule has 64 valence electrons. The molecule has 0 atom stereocenters. The minimum Gasteiger partial charge on any atom is -0.780 e. The van der Waals surface area contributed by atoms with Gasteiger partial charge in [-0.25, -0.2) is 0 Å². The Morgan fingerprint density at radius 3 is 1.00 bits per heavy atom. The van der Waals surface area contributed by atoms with Crippen molar-refractivity contribution in [2.75, 3.05) is 0 Å². The van der Waals surface area contributed by atoms with Gasteiger partial charge in [-0.1, -0.05) is 0 Å². The van der Waals surface area contributed by atoms with Gasteiger partial charge in [-0.3, -0.25) is 4.21 Å². The number of hydrogen-bond acceptors (Lipinski definition) is 4. The molecule has 0 aliphatic carbocycles. The van der Waals surface area contributed by atoms with E-state index in [0.717, 1.165) is 0 Å². The average molecular weight is 207 g/mol. The van der Waals surface area contributed by atoms with E-state index in [1.807, 2.05) is 0 Å². The van der Waals surface area contributed by atoms with Gasteiger partial charge in [0.1, 0.15) is 0 Å². The summed E-state index contributed by atoms with van der Waals surface area (Å²) in [5, 5.41) is 0. The summed E-state index contributed by atoms with van der Waals surface area (Å²) in [6.07, 6.45) is 0. The number of hydrogen-bond donors (Lipinski definition) is 0. The Bertz CT molecular complexity index is 94.8. The Morgan fingerprint density at radius 2 is 1.00 bits per heavy atom. The molecule has 0 aromatic carbocycles. The molecule has 7 nitrogen and oxygen atoms in total. The van der Waals surface area contributed by atoms with Crippen LogP contribution in [0.3, 0.4) is 0 Å². The minimum absolute atomic E-state index is 0. The van der Waals surface area contributed by atoms with Gasteiger partial charge in [0.05, 0.1) is 0 Å². The van der Waals surface area contributed by atoms with Crippen LogP contribution in [-0.4, -0.2) is 35.2 Å². The molecule has 0 bridgehead atoms. The van der Waals surface area contributed by atoms with Crippen molar-refractivity contribution in [1.82, 2.24) is 0 Å². The van der Waals surface area contributed by atoms with Gasteiger partial charge in [-0.05, 0) is 11.2 Å². The van der Waals surface area contributed by atoms with Gasteiger partial charge in [-0.2, -0.15) is 0 Å². The fraction of sp³-hybridized carbons (Fsp3) is 0. The molecule has 0 amide bonds. The molecule has 0 fully saturated rings. The molecular formula is H8NaO7S2-. The Hall–Kier alpha value is 1.13. The van der Waals surface area contributed by atoms with E-state index >= 15 is 0 Å². The largest absolute Gasteiger partial charge is 1.00 e. The molecule has 8 N–H and O–H groups in total. The molecule has 0 aromatic rings. The van der Waals surface area contributed by atoms with Crippen LogP contribution in [0.25, 0.3) is 0 Å². The second-order valence-corrected chi connectivity index (χ2v) is 2.45. The molecule has 0 unspecified atom stereocenters. The Kier molecular flexibility index (Phi) is 72.1. The van der Waals surface area contributed by atoms with Crippen molar-refractivity contribution in [3.63, 3.8) is 0 Å². The third-order valence-corrected chi connectivity index (χ3v) is 0. The minimum atomic E-state index is -4.33. The van der Waals surface area contributed by atoms with Crippen LogP contribution in [-0.2, 0) is 20.2 Å². The smallest absolute Gasteiger partial charge is 0.780 e. The van der Waals surface area contributed by atoms with Crippen LogP contribution in [0.4, 0.5) is 0 Å². The van der Waals surface area contributed by atoms with Gasteiger partial charge in [0, 0.05) is 0 Å². The standard InChI is InChI=1S/Na.H2O3S2.4H2O/c;1-5(2,3)4;;;;/h;(H2,1,2,3,4);4*1H2/q+1;;;;;/p-2. The first-order valence-corrected chi connectivity index (χ1v) is 3.00. The first-order chi connectivity index (χ1) is 2.00. The van der Waals surface area contributed by atoms with Gasteiger partial charge in [-0.15, -0.1) is 9.05 Å². The molecule has 0 heterocycles. The van der Waals surface area contributed by atoms with Crippen LogP contribution in [0.2, 0.25) is 0 Å². The molecule has 10 heavy (non-hydrogen) atoms. The summed E-state index contributed by atoms with van der Waals surface area (Å²) in [7, 11) is -4.33. The van der Waals surface area contributed by atoms with Crippen LogP contribution in [0.15, 0.2) is 0 Å². The van der Waals surface area contributed by atoms with E-state index in [4.69, 9.17) is 13.3 Å². The van der Waals surface area contributed by atoms with E-state index in [2.05, 4.69) is 11.2 Å². The Balaban J connectivity index is -0.00000000800. The second-order valence-electron chi connectivity index (χ2n) is 0.408. The van der Waals surface area contributed by atoms with E-state index in [-0.39, 0.29) is 51.5 Å². The summed E-state index contributed by atoms with van der Waals surface area (Å²) < 4.78 is 26.7. The van der Waals surface area contributed by atoms with E-state index in [1.54, 1.807) is 0 Å². The molecule has 0 saturated heterocycles. The number of rotatable bonds is 0. The van der Waals surface area contributed by atoms with E-state index in [1.165, 1.54) is 0 Å². The van der Waals surface area contributed by atoms with Crippen molar-refractivity contribution in [2.45, 2.75) is 0 Å². The first-order valence-electron chi connectivity index (χ1n) is 0.667. The van der Waals surface area contributed by atoms with Crippen molar-refractivity contribution in [3.8, 4) is 0 Å². The SMILES string of the molecule is O.O.O.O.O=S([O-])([O-])=S.[Na+].